The molecule has 0 fully saturated rings. The largest absolute Gasteiger partial charge is 0.369 e. The second-order valence-corrected chi connectivity index (χ2v) is 9.99. The molecule has 1 aromatic carbocycles. The maximum Gasteiger partial charge on any atom is 0.189 e. The van der Waals surface area contributed by atoms with Gasteiger partial charge >= 0.3 is 0 Å². The third-order valence-corrected chi connectivity index (χ3v) is 7.81. The van der Waals surface area contributed by atoms with Crippen LogP contribution in [-0.4, -0.2) is 27.6 Å². The first-order chi connectivity index (χ1) is 13.1. The highest BCUT2D eigenvalue weighted by Gasteiger charge is 2.33. The molecule has 0 N–H and O–H groups in total. The van der Waals surface area contributed by atoms with Gasteiger partial charge in [-0.3, -0.25) is 0 Å². The Morgan fingerprint density at radius 2 is 2.04 bits per heavy atom. The van der Waals surface area contributed by atoms with E-state index in [4.69, 9.17) is 14.7 Å². The fraction of sp³-hybridized carbons (Fsp3) is 0.429. The normalized spacial score (nSPS) is 19.4. The van der Waals surface area contributed by atoms with Crippen molar-refractivity contribution < 1.29 is 4.74 Å². The van der Waals surface area contributed by atoms with E-state index in [1.807, 2.05) is 18.0 Å². The maximum absolute atomic E-state index is 6.16. The van der Waals surface area contributed by atoms with E-state index in [9.17, 15) is 0 Å². The summed E-state index contributed by atoms with van der Waals surface area (Å²) in [5.41, 5.74) is 2.71. The Bertz CT molecular complexity index is 941. The average molecular weight is 417 g/mol. The molecule has 2 aromatic heterocycles. The molecular formula is C21H24N2OS3. The molecule has 0 saturated heterocycles. The predicted octanol–water partition coefficient (Wildman–Crippen LogP) is 5.99. The van der Waals surface area contributed by atoms with Crippen LogP contribution in [0.5, 0.6) is 0 Å². The Kier molecular flexibility index (Phi) is 5.78. The summed E-state index contributed by atoms with van der Waals surface area (Å²) in [6.45, 7) is 5.12. The van der Waals surface area contributed by atoms with Crippen molar-refractivity contribution in [3.63, 3.8) is 0 Å². The van der Waals surface area contributed by atoms with E-state index in [0.717, 1.165) is 40.0 Å². The molecule has 6 heteroatoms. The Morgan fingerprint density at radius 3 is 2.78 bits per heavy atom. The standard InChI is InChI=1S/C21H24N2OS3/c1-4-21(2)12-15-16(13-24-21)27-19-17(15)18(22-20(23-19)25-3)26-11-10-14-8-6-5-7-9-14/h5-9H,4,10-13H2,1-3H3/t21-/m1/s1. The van der Waals surface area contributed by atoms with E-state index in [1.54, 1.807) is 23.1 Å². The van der Waals surface area contributed by atoms with Gasteiger partial charge in [-0.2, -0.15) is 0 Å². The SMILES string of the molecule is CC[C@]1(C)Cc2c(sc3nc(SC)nc(SCCc4ccccc4)c23)CO1. The zero-order chi connectivity index (χ0) is 18.9. The molecule has 3 heterocycles. The number of hydrogen-bond donors (Lipinski definition) is 0. The zero-order valence-corrected chi connectivity index (χ0v) is 18.4. The lowest BCUT2D eigenvalue weighted by Crippen LogP contribution is -2.33. The number of thioether (sulfide) groups is 2. The van der Waals surface area contributed by atoms with Crippen LogP contribution in [0, 0.1) is 0 Å². The van der Waals surface area contributed by atoms with Crippen molar-refractivity contribution in [2.75, 3.05) is 12.0 Å². The summed E-state index contributed by atoms with van der Waals surface area (Å²) >= 11 is 5.26. The van der Waals surface area contributed by atoms with Crippen molar-refractivity contribution >= 4 is 45.1 Å². The van der Waals surface area contributed by atoms with Crippen molar-refractivity contribution in [1.82, 2.24) is 9.97 Å². The van der Waals surface area contributed by atoms with Gasteiger partial charge in [0.05, 0.1) is 12.2 Å². The average Bonchev–Trinajstić information content (AvgIpc) is 3.06. The Morgan fingerprint density at radius 1 is 1.22 bits per heavy atom. The monoisotopic (exact) mass is 416 g/mol. The van der Waals surface area contributed by atoms with E-state index in [-0.39, 0.29) is 5.60 Å². The van der Waals surface area contributed by atoms with Gasteiger partial charge in [0.2, 0.25) is 0 Å². The number of aromatic nitrogens is 2. The molecule has 0 spiro atoms. The molecule has 0 radical (unpaired) electrons. The maximum atomic E-state index is 6.16. The quantitative estimate of drug-likeness (QED) is 0.280. The molecular weight excluding hydrogens is 392 g/mol. The van der Waals surface area contributed by atoms with Crippen LogP contribution in [0.3, 0.4) is 0 Å². The van der Waals surface area contributed by atoms with Gasteiger partial charge in [-0.05, 0) is 37.1 Å². The highest BCUT2D eigenvalue weighted by atomic mass is 32.2. The topological polar surface area (TPSA) is 35.0 Å². The molecule has 0 saturated carbocycles. The van der Waals surface area contributed by atoms with E-state index in [1.165, 1.54) is 21.4 Å². The smallest absolute Gasteiger partial charge is 0.189 e. The van der Waals surface area contributed by atoms with Crippen molar-refractivity contribution in [3.8, 4) is 0 Å². The predicted molar refractivity (Wildman–Crippen MR) is 117 cm³/mol. The summed E-state index contributed by atoms with van der Waals surface area (Å²) in [6.07, 6.45) is 5.06. The minimum atomic E-state index is -0.0782. The van der Waals surface area contributed by atoms with Crippen LogP contribution in [-0.2, 0) is 24.2 Å². The van der Waals surface area contributed by atoms with Gasteiger partial charge in [0.1, 0.15) is 9.86 Å². The minimum absolute atomic E-state index is 0.0782. The molecule has 1 aliphatic rings. The van der Waals surface area contributed by atoms with E-state index in [2.05, 4.69) is 44.2 Å². The van der Waals surface area contributed by atoms with Crippen LogP contribution < -0.4 is 0 Å². The Labute approximate surface area is 173 Å². The molecule has 0 amide bonds. The first kappa shape index (κ1) is 19.2. The highest BCUT2D eigenvalue weighted by molar-refractivity contribution is 7.99. The van der Waals surface area contributed by atoms with E-state index < -0.39 is 0 Å². The first-order valence-corrected chi connectivity index (χ1v) is 12.3. The summed E-state index contributed by atoms with van der Waals surface area (Å²) in [6, 6.07) is 10.7. The summed E-state index contributed by atoms with van der Waals surface area (Å²) in [7, 11) is 0. The molecule has 3 nitrogen and oxygen atoms in total. The van der Waals surface area contributed by atoms with Crippen LogP contribution in [0.25, 0.3) is 10.2 Å². The van der Waals surface area contributed by atoms with Gasteiger partial charge in [-0.25, -0.2) is 9.97 Å². The number of nitrogens with zero attached hydrogens (tertiary/aromatic N) is 2. The van der Waals surface area contributed by atoms with Crippen LogP contribution in [0.4, 0.5) is 0 Å². The van der Waals surface area contributed by atoms with Gasteiger partial charge in [0, 0.05) is 22.4 Å². The van der Waals surface area contributed by atoms with Crippen molar-refractivity contribution in [2.24, 2.45) is 0 Å². The summed E-state index contributed by atoms with van der Waals surface area (Å²) in [4.78, 5) is 12.1. The lowest BCUT2D eigenvalue weighted by Gasteiger charge is -2.33. The molecule has 1 aliphatic heterocycles. The fourth-order valence-corrected chi connectivity index (χ4v) is 6.05. The second-order valence-electron chi connectivity index (χ2n) is 7.05. The van der Waals surface area contributed by atoms with Crippen molar-refractivity contribution in [1.29, 1.82) is 0 Å². The van der Waals surface area contributed by atoms with Crippen LogP contribution in [0.15, 0.2) is 40.5 Å². The van der Waals surface area contributed by atoms with E-state index in [0.29, 0.717) is 6.61 Å². The number of benzene rings is 1. The van der Waals surface area contributed by atoms with Gasteiger partial charge in [0.15, 0.2) is 5.16 Å². The molecule has 4 rings (SSSR count). The number of fused-ring (bicyclic) bond motifs is 3. The van der Waals surface area contributed by atoms with Crippen LogP contribution >= 0.6 is 34.9 Å². The van der Waals surface area contributed by atoms with Crippen molar-refractivity contribution in [2.45, 2.75) is 55.5 Å². The fourth-order valence-electron chi connectivity index (χ4n) is 3.35. The van der Waals surface area contributed by atoms with E-state index >= 15 is 0 Å². The first-order valence-electron chi connectivity index (χ1n) is 9.29. The lowest BCUT2D eigenvalue weighted by molar-refractivity contribution is -0.0543. The number of thiophene rings is 1. The lowest BCUT2D eigenvalue weighted by atomic mass is 9.90. The van der Waals surface area contributed by atoms with Gasteiger partial charge in [0.25, 0.3) is 0 Å². The summed E-state index contributed by atoms with van der Waals surface area (Å²) in [5.74, 6) is 1.02. The van der Waals surface area contributed by atoms with Crippen LogP contribution in [0.1, 0.15) is 36.3 Å². The number of rotatable bonds is 6. The molecule has 0 aliphatic carbocycles. The Hall–Kier alpha value is -1.08. The Balaban J connectivity index is 1.67. The number of hydrogen-bond acceptors (Lipinski definition) is 6. The highest BCUT2D eigenvalue weighted by Crippen LogP contribution is 2.43. The molecule has 3 aromatic rings. The van der Waals surface area contributed by atoms with Gasteiger partial charge in [-0.15, -0.1) is 23.1 Å². The van der Waals surface area contributed by atoms with Gasteiger partial charge in [-0.1, -0.05) is 49.0 Å². The zero-order valence-electron chi connectivity index (χ0n) is 15.9. The summed E-state index contributed by atoms with van der Waals surface area (Å²) < 4.78 is 6.16. The van der Waals surface area contributed by atoms with Crippen molar-refractivity contribution in [3.05, 3.63) is 46.3 Å². The minimum Gasteiger partial charge on any atom is -0.369 e. The third kappa shape index (κ3) is 4.04. The number of ether oxygens (including phenoxy) is 1. The summed E-state index contributed by atoms with van der Waals surface area (Å²) in [5, 5.41) is 3.27. The molecule has 142 valence electrons. The van der Waals surface area contributed by atoms with Crippen LogP contribution in [0.2, 0.25) is 0 Å². The third-order valence-electron chi connectivity index (χ3n) is 5.19. The molecule has 0 bridgehead atoms. The molecule has 0 unspecified atom stereocenters. The number of aryl methyl sites for hydroxylation is 1. The second kappa shape index (κ2) is 8.11. The molecule has 27 heavy (non-hydrogen) atoms. The van der Waals surface area contributed by atoms with Gasteiger partial charge < -0.3 is 4.74 Å². The molecule has 1 atom stereocenters.